The first-order valence-electron chi connectivity index (χ1n) is 4.51. The molecule has 74 valence electrons. The Kier molecular flexibility index (Phi) is 3.34. The minimum absolute atomic E-state index is 0.200. The van der Waals surface area contributed by atoms with Crippen LogP contribution in [0.1, 0.15) is 19.8 Å². The molecule has 0 heterocycles. The second kappa shape index (κ2) is 4.12. The third-order valence-corrected chi connectivity index (χ3v) is 4.22. The van der Waals surface area contributed by atoms with Crippen LogP contribution in [0.25, 0.3) is 0 Å². The first kappa shape index (κ1) is 10.6. The SMILES string of the molecule is C#CCN(CC)S(=O)(=O)CC1CC1. The maximum absolute atomic E-state index is 11.6. The van der Waals surface area contributed by atoms with Gasteiger partial charge in [-0.2, -0.15) is 4.31 Å². The molecule has 1 aliphatic rings. The van der Waals surface area contributed by atoms with Crippen LogP contribution in [0, 0.1) is 18.3 Å². The van der Waals surface area contributed by atoms with Gasteiger partial charge in [-0.1, -0.05) is 12.8 Å². The standard InChI is InChI=1S/C9H15NO2S/c1-3-7-10(4-2)13(11,12)8-9-5-6-9/h1,9H,4-8H2,2H3. The van der Waals surface area contributed by atoms with E-state index in [-0.39, 0.29) is 12.3 Å². The Labute approximate surface area is 80.2 Å². The number of hydrogen-bond donors (Lipinski definition) is 0. The molecule has 0 aliphatic heterocycles. The molecule has 0 unspecified atom stereocenters. The first-order valence-corrected chi connectivity index (χ1v) is 6.12. The van der Waals surface area contributed by atoms with Gasteiger partial charge in [-0.25, -0.2) is 8.42 Å². The molecule has 0 bridgehead atoms. The molecule has 1 aliphatic carbocycles. The molecule has 1 fully saturated rings. The van der Waals surface area contributed by atoms with E-state index in [0.29, 0.717) is 12.5 Å². The number of terminal acetylenes is 1. The van der Waals surface area contributed by atoms with E-state index in [1.165, 1.54) is 4.31 Å². The smallest absolute Gasteiger partial charge is 0.212 e. The van der Waals surface area contributed by atoms with E-state index >= 15 is 0 Å². The zero-order valence-electron chi connectivity index (χ0n) is 7.86. The highest BCUT2D eigenvalue weighted by Gasteiger charge is 2.30. The Morgan fingerprint density at radius 2 is 2.15 bits per heavy atom. The molecule has 0 radical (unpaired) electrons. The second-order valence-electron chi connectivity index (χ2n) is 3.35. The lowest BCUT2D eigenvalue weighted by molar-refractivity contribution is 0.462. The van der Waals surface area contributed by atoms with E-state index in [1.54, 1.807) is 0 Å². The van der Waals surface area contributed by atoms with E-state index in [9.17, 15) is 8.42 Å². The molecular weight excluding hydrogens is 186 g/mol. The Morgan fingerprint density at radius 3 is 2.54 bits per heavy atom. The number of rotatable bonds is 5. The van der Waals surface area contributed by atoms with Gasteiger partial charge in [0.05, 0.1) is 12.3 Å². The fourth-order valence-corrected chi connectivity index (χ4v) is 3.00. The predicted molar refractivity (Wildman–Crippen MR) is 52.6 cm³/mol. The van der Waals surface area contributed by atoms with E-state index in [1.807, 2.05) is 6.92 Å². The molecule has 4 heteroatoms. The van der Waals surface area contributed by atoms with Gasteiger partial charge in [0.1, 0.15) is 0 Å². The highest BCUT2D eigenvalue weighted by atomic mass is 32.2. The lowest BCUT2D eigenvalue weighted by Crippen LogP contribution is -2.33. The average molecular weight is 201 g/mol. The zero-order chi connectivity index (χ0) is 9.90. The molecular formula is C9H15NO2S. The summed E-state index contributed by atoms with van der Waals surface area (Å²) in [5.41, 5.74) is 0. The van der Waals surface area contributed by atoms with Crippen molar-refractivity contribution in [2.24, 2.45) is 5.92 Å². The number of sulfonamides is 1. The van der Waals surface area contributed by atoms with Crippen LogP contribution in [-0.2, 0) is 10.0 Å². The van der Waals surface area contributed by atoms with Crippen LogP contribution in [0.3, 0.4) is 0 Å². The molecule has 0 N–H and O–H groups in total. The van der Waals surface area contributed by atoms with Gasteiger partial charge >= 0.3 is 0 Å². The van der Waals surface area contributed by atoms with Crippen LogP contribution < -0.4 is 0 Å². The summed E-state index contributed by atoms with van der Waals surface area (Å²) < 4.78 is 24.6. The summed E-state index contributed by atoms with van der Waals surface area (Å²) in [7, 11) is -3.08. The summed E-state index contributed by atoms with van der Waals surface area (Å²) in [6, 6.07) is 0. The predicted octanol–water partition coefficient (Wildman–Crippen LogP) is 0.681. The molecule has 13 heavy (non-hydrogen) atoms. The van der Waals surface area contributed by atoms with Crippen molar-refractivity contribution < 1.29 is 8.42 Å². The van der Waals surface area contributed by atoms with Gasteiger partial charge in [-0.05, 0) is 18.8 Å². The maximum atomic E-state index is 11.6. The van der Waals surface area contributed by atoms with Crippen molar-refractivity contribution in [3.8, 4) is 12.3 Å². The highest BCUT2D eigenvalue weighted by Crippen LogP contribution is 2.31. The zero-order valence-corrected chi connectivity index (χ0v) is 8.68. The van der Waals surface area contributed by atoms with Gasteiger partial charge in [0.2, 0.25) is 10.0 Å². The van der Waals surface area contributed by atoms with E-state index in [0.717, 1.165) is 12.8 Å². The Bertz CT molecular complexity index is 298. The molecule has 0 spiro atoms. The van der Waals surface area contributed by atoms with Crippen molar-refractivity contribution >= 4 is 10.0 Å². The largest absolute Gasteiger partial charge is 0.215 e. The van der Waals surface area contributed by atoms with Crippen molar-refractivity contribution in [1.82, 2.24) is 4.31 Å². The normalized spacial score (nSPS) is 17.3. The van der Waals surface area contributed by atoms with Gasteiger partial charge in [0.15, 0.2) is 0 Å². The Hall–Kier alpha value is -0.530. The topological polar surface area (TPSA) is 37.4 Å². The van der Waals surface area contributed by atoms with Crippen molar-refractivity contribution in [2.75, 3.05) is 18.8 Å². The third kappa shape index (κ3) is 3.02. The first-order chi connectivity index (χ1) is 6.10. The van der Waals surface area contributed by atoms with Crippen LogP contribution in [0.15, 0.2) is 0 Å². The highest BCUT2D eigenvalue weighted by molar-refractivity contribution is 7.89. The molecule has 0 aromatic carbocycles. The van der Waals surface area contributed by atoms with Gasteiger partial charge in [0, 0.05) is 6.54 Å². The molecule has 1 saturated carbocycles. The Morgan fingerprint density at radius 1 is 1.54 bits per heavy atom. The van der Waals surface area contributed by atoms with Gasteiger partial charge in [-0.15, -0.1) is 6.42 Å². The van der Waals surface area contributed by atoms with E-state index in [2.05, 4.69) is 5.92 Å². The van der Waals surface area contributed by atoms with Gasteiger partial charge in [0.25, 0.3) is 0 Å². The van der Waals surface area contributed by atoms with Crippen LogP contribution in [0.2, 0.25) is 0 Å². The number of nitrogens with zero attached hydrogens (tertiary/aromatic N) is 1. The van der Waals surface area contributed by atoms with Crippen LogP contribution in [0.5, 0.6) is 0 Å². The molecule has 0 atom stereocenters. The van der Waals surface area contributed by atoms with Crippen LogP contribution >= 0.6 is 0 Å². The second-order valence-corrected chi connectivity index (χ2v) is 5.37. The summed E-state index contributed by atoms with van der Waals surface area (Å²) >= 11 is 0. The van der Waals surface area contributed by atoms with Crippen LogP contribution in [-0.4, -0.2) is 31.6 Å². The van der Waals surface area contributed by atoms with Crippen molar-refractivity contribution in [3.05, 3.63) is 0 Å². The fourth-order valence-electron chi connectivity index (χ4n) is 1.20. The monoisotopic (exact) mass is 201 g/mol. The van der Waals surface area contributed by atoms with E-state index < -0.39 is 10.0 Å². The summed E-state index contributed by atoms with van der Waals surface area (Å²) in [6.07, 6.45) is 7.19. The summed E-state index contributed by atoms with van der Waals surface area (Å²) in [5, 5.41) is 0. The third-order valence-electron chi connectivity index (χ3n) is 2.16. The number of hydrogen-bond acceptors (Lipinski definition) is 2. The Balaban J connectivity index is 2.58. The summed E-state index contributed by atoms with van der Waals surface area (Å²) in [4.78, 5) is 0. The molecule has 0 saturated heterocycles. The molecule has 0 aromatic heterocycles. The fraction of sp³-hybridized carbons (Fsp3) is 0.778. The average Bonchev–Trinajstić information content (AvgIpc) is 2.82. The molecule has 1 rings (SSSR count). The lowest BCUT2D eigenvalue weighted by atomic mass is 10.5. The maximum Gasteiger partial charge on any atom is 0.215 e. The van der Waals surface area contributed by atoms with Gasteiger partial charge < -0.3 is 0 Å². The lowest BCUT2D eigenvalue weighted by Gasteiger charge is -2.17. The molecule has 0 amide bonds. The van der Waals surface area contributed by atoms with Crippen LogP contribution in [0.4, 0.5) is 0 Å². The summed E-state index contributed by atoms with van der Waals surface area (Å²) in [5.74, 6) is 3.03. The summed E-state index contributed by atoms with van der Waals surface area (Å²) in [6.45, 7) is 2.48. The quantitative estimate of drug-likeness (QED) is 0.613. The molecule has 0 aromatic rings. The van der Waals surface area contributed by atoms with Crippen molar-refractivity contribution in [3.63, 3.8) is 0 Å². The van der Waals surface area contributed by atoms with Crippen molar-refractivity contribution in [2.45, 2.75) is 19.8 Å². The molecule has 3 nitrogen and oxygen atoms in total. The van der Waals surface area contributed by atoms with Crippen molar-refractivity contribution in [1.29, 1.82) is 0 Å². The minimum Gasteiger partial charge on any atom is -0.212 e. The minimum atomic E-state index is -3.08. The van der Waals surface area contributed by atoms with Gasteiger partial charge in [-0.3, -0.25) is 0 Å². The van der Waals surface area contributed by atoms with E-state index in [4.69, 9.17) is 6.42 Å².